The predicted molar refractivity (Wildman–Crippen MR) is 86.8 cm³/mol. The van der Waals surface area contributed by atoms with Gasteiger partial charge in [-0.1, -0.05) is 18.1 Å². The number of ether oxygens (including phenoxy) is 1. The predicted octanol–water partition coefficient (Wildman–Crippen LogP) is 4.38. The Hall–Kier alpha value is -1.51. The fourth-order valence-electron chi connectivity index (χ4n) is 5.64. The van der Waals surface area contributed by atoms with Gasteiger partial charge in [-0.3, -0.25) is 0 Å². The molecule has 118 valence electrons. The Kier molecular flexibility index (Phi) is 3.21. The molecule has 2 saturated carbocycles. The summed E-state index contributed by atoms with van der Waals surface area (Å²) in [7, 11) is 1.74. The SMILES string of the molecule is COc1ccc2c(c1)CC[C@H]1[C@@H]2CC[C@@]2(C)/C(=N/O)CC[C@@H]12. The van der Waals surface area contributed by atoms with Crippen LogP contribution in [0, 0.1) is 17.3 Å². The molecule has 1 aromatic carbocycles. The lowest BCUT2D eigenvalue weighted by molar-refractivity contribution is 0.0938. The molecule has 0 radical (unpaired) electrons. The third-order valence-corrected chi connectivity index (χ3v) is 6.80. The number of nitrogens with zero attached hydrogens (tertiary/aromatic N) is 1. The molecule has 0 amide bonds. The van der Waals surface area contributed by atoms with E-state index in [9.17, 15) is 5.21 Å². The van der Waals surface area contributed by atoms with Crippen LogP contribution in [0.15, 0.2) is 23.4 Å². The van der Waals surface area contributed by atoms with E-state index in [4.69, 9.17) is 4.74 Å². The molecule has 1 aromatic rings. The van der Waals surface area contributed by atoms with Crippen molar-refractivity contribution in [1.82, 2.24) is 0 Å². The van der Waals surface area contributed by atoms with Gasteiger partial charge in [0.25, 0.3) is 0 Å². The smallest absolute Gasteiger partial charge is 0.119 e. The molecule has 0 heterocycles. The number of benzene rings is 1. The maximum atomic E-state index is 9.36. The van der Waals surface area contributed by atoms with Gasteiger partial charge in [0.2, 0.25) is 0 Å². The van der Waals surface area contributed by atoms with E-state index in [-0.39, 0.29) is 5.41 Å². The maximum absolute atomic E-state index is 9.36. The zero-order valence-corrected chi connectivity index (χ0v) is 13.5. The highest BCUT2D eigenvalue weighted by molar-refractivity contribution is 5.92. The van der Waals surface area contributed by atoms with E-state index in [1.807, 2.05) is 0 Å². The van der Waals surface area contributed by atoms with Gasteiger partial charge in [0.15, 0.2) is 0 Å². The summed E-state index contributed by atoms with van der Waals surface area (Å²) in [5.41, 5.74) is 4.23. The molecule has 0 bridgehead atoms. The third kappa shape index (κ3) is 1.84. The number of aryl methyl sites for hydroxylation is 1. The molecule has 0 spiro atoms. The number of hydrogen-bond acceptors (Lipinski definition) is 3. The van der Waals surface area contributed by atoms with Crippen LogP contribution in [0.4, 0.5) is 0 Å². The third-order valence-electron chi connectivity index (χ3n) is 6.80. The average Bonchev–Trinajstić information content (AvgIpc) is 2.90. The molecule has 3 heteroatoms. The zero-order chi connectivity index (χ0) is 15.3. The Balaban J connectivity index is 1.69. The molecule has 4 rings (SSSR count). The van der Waals surface area contributed by atoms with E-state index in [0.29, 0.717) is 11.8 Å². The quantitative estimate of drug-likeness (QED) is 0.617. The minimum absolute atomic E-state index is 0.139. The van der Waals surface area contributed by atoms with Crippen LogP contribution < -0.4 is 4.74 Å². The average molecular weight is 299 g/mol. The van der Waals surface area contributed by atoms with E-state index in [0.717, 1.165) is 36.6 Å². The normalized spacial score (nSPS) is 38.3. The number of fused-ring (bicyclic) bond motifs is 5. The van der Waals surface area contributed by atoms with Crippen LogP contribution in [-0.2, 0) is 6.42 Å². The van der Waals surface area contributed by atoms with E-state index in [1.165, 1.54) is 24.8 Å². The van der Waals surface area contributed by atoms with Crippen LogP contribution in [-0.4, -0.2) is 18.0 Å². The highest BCUT2D eigenvalue weighted by Crippen LogP contribution is 2.59. The van der Waals surface area contributed by atoms with Gasteiger partial charge in [-0.2, -0.15) is 0 Å². The summed E-state index contributed by atoms with van der Waals surface area (Å²) in [6, 6.07) is 6.64. The summed E-state index contributed by atoms with van der Waals surface area (Å²) in [6.45, 7) is 2.33. The Morgan fingerprint density at radius 1 is 1.23 bits per heavy atom. The molecule has 2 fully saturated rings. The molecule has 3 nitrogen and oxygen atoms in total. The highest BCUT2D eigenvalue weighted by Gasteiger charge is 2.53. The largest absolute Gasteiger partial charge is 0.497 e. The molecule has 3 aliphatic carbocycles. The first-order valence-electron chi connectivity index (χ1n) is 8.55. The number of oxime groups is 1. The van der Waals surface area contributed by atoms with Crippen molar-refractivity contribution in [1.29, 1.82) is 0 Å². The van der Waals surface area contributed by atoms with Crippen LogP contribution in [0.3, 0.4) is 0 Å². The van der Waals surface area contributed by atoms with Gasteiger partial charge in [0, 0.05) is 5.41 Å². The zero-order valence-electron chi connectivity index (χ0n) is 13.5. The maximum Gasteiger partial charge on any atom is 0.119 e. The minimum atomic E-state index is 0.139. The number of rotatable bonds is 1. The summed E-state index contributed by atoms with van der Waals surface area (Å²) in [4.78, 5) is 0. The fourth-order valence-corrected chi connectivity index (χ4v) is 5.64. The monoisotopic (exact) mass is 299 g/mol. The van der Waals surface area contributed by atoms with E-state index in [1.54, 1.807) is 12.7 Å². The number of hydrogen-bond donors (Lipinski definition) is 1. The molecular weight excluding hydrogens is 274 g/mol. The van der Waals surface area contributed by atoms with Crippen LogP contribution in [0.5, 0.6) is 5.75 Å². The lowest BCUT2D eigenvalue weighted by Crippen LogP contribution is -2.42. The van der Waals surface area contributed by atoms with E-state index in [2.05, 4.69) is 30.3 Å². The van der Waals surface area contributed by atoms with Crippen LogP contribution in [0.1, 0.15) is 56.1 Å². The molecule has 22 heavy (non-hydrogen) atoms. The van der Waals surface area contributed by atoms with Gasteiger partial charge < -0.3 is 9.94 Å². The van der Waals surface area contributed by atoms with Crippen molar-refractivity contribution in [3.8, 4) is 5.75 Å². The summed E-state index contributed by atoms with van der Waals surface area (Å²) in [6.07, 6.45) is 6.98. The Labute approximate surface area is 132 Å². The molecule has 3 aliphatic rings. The van der Waals surface area contributed by atoms with Gasteiger partial charge in [-0.25, -0.2) is 0 Å². The molecule has 0 unspecified atom stereocenters. The number of methoxy groups -OCH3 is 1. The molecule has 0 saturated heterocycles. The van der Waals surface area contributed by atoms with Gasteiger partial charge in [-0.15, -0.1) is 0 Å². The second-order valence-corrected chi connectivity index (χ2v) is 7.52. The second kappa shape index (κ2) is 5.00. The van der Waals surface area contributed by atoms with Crippen molar-refractivity contribution >= 4 is 5.71 Å². The first-order chi connectivity index (χ1) is 10.7. The standard InChI is InChI=1S/C19H25NO2/c1-19-10-9-15-14-6-4-13(22-2)11-12(14)3-5-16(15)17(19)7-8-18(19)20-21/h4,6,11,15-17,21H,3,5,7-10H2,1-2H3/b20-18+/t15-,16+,17+,19-/m1/s1. The van der Waals surface area contributed by atoms with Crippen LogP contribution in [0.2, 0.25) is 0 Å². The summed E-state index contributed by atoms with van der Waals surface area (Å²) in [5, 5.41) is 13.0. The van der Waals surface area contributed by atoms with Crippen LogP contribution in [0.25, 0.3) is 0 Å². The van der Waals surface area contributed by atoms with Crippen molar-refractivity contribution in [2.75, 3.05) is 7.11 Å². The summed E-state index contributed by atoms with van der Waals surface area (Å²) >= 11 is 0. The van der Waals surface area contributed by atoms with Crippen molar-refractivity contribution in [3.05, 3.63) is 29.3 Å². The molecule has 0 aromatic heterocycles. The first kappa shape index (κ1) is 14.1. The Morgan fingerprint density at radius 3 is 2.86 bits per heavy atom. The minimum Gasteiger partial charge on any atom is -0.497 e. The van der Waals surface area contributed by atoms with Gasteiger partial charge in [-0.05, 0) is 79.5 Å². The second-order valence-electron chi connectivity index (χ2n) is 7.52. The van der Waals surface area contributed by atoms with Crippen molar-refractivity contribution < 1.29 is 9.94 Å². The fraction of sp³-hybridized carbons (Fsp3) is 0.632. The summed E-state index contributed by atoms with van der Waals surface area (Å²) in [5.74, 6) is 3.10. The Bertz CT molecular complexity index is 624. The van der Waals surface area contributed by atoms with E-state index < -0.39 is 0 Å². The molecule has 1 N–H and O–H groups in total. The van der Waals surface area contributed by atoms with Gasteiger partial charge >= 0.3 is 0 Å². The highest BCUT2D eigenvalue weighted by atomic mass is 16.5. The Morgan fingerprint density at radius 2 is 2.09 bits per heavy atom. The van der Waals surface area contributed by atoms with Gasteiger partial charge in [0.1, 0.15) is 5.75 Å². The van der Waals surface area contributed by atoms with Crippen molar-refractivity contribution in [2.24, 2.45) is 22.4 Å². The lowest BCUT2D eigenvalue weighted by atomic mass is 9.55. The van der Waals surface area contributed by atoms with Crippen molar-refractivity contribution in [2.45, 2.75) is 51.4 Å². The molecular formula is C19H25NO2. The topological polar surface area (TPSA) is 41.8 Å². The van der Waals surface area contributed by atoms with Crippen LogP contribution >= 0.6 is 0 Å². The molecule has 0 aliphatic heterocycles. The first-order valence-corrected chi connectivity index (χ1v) is 8.55. The lowest BCUT2D eigenvalue weighted by Gasteiger charge is -2.48. The van der Waals surface area contributed by atoms with E-state index >= 15 is 0 Å². The molecule has 4 atom stereocenters. The van der Waals surface area contributed by atoms with Gasteiger partial charge in [0.05, 0.1) is 12.8 Å². The summed E-state index contributed by atoms with van der Waals surface area (Å²) < 4.78 is 5.39. The van der Waals surface area contributed by atoms with Crippen molar-refractivity contribution in [3.63, 3.8) is 0 Å².